The number of Topliss-reactive ketones (excluding diaryl/α,β-unsaturated/α-hetero) is 1. The van der Waals surface area contributed by atoms with Crippen LogP contribution in [0.15, 0.2) is 78.9 Å². The first-order valence-corrected chi connectivity index (χ1v) is 12.2. The lowest BCUT2D eigenvalue weighted by molar-refractivity contribution is -0.137. The molecule has 7 heteroatoms. The zero-order chi connectivity index (χ0) is 25.5. The molecule has 2 atom stereocenters. The number of amides is 2. The molecule has 1 saturated heterocycles. The molecule has 36 heavy (non-hydrogen) atoms. The number of carbonyl (C=O) groups excluding carboxylic acids is 3. The van der Waals surface area contributed by atoms with E-state index in [4.69, 9.17) is 5.73 Å². The van der Waals surface area contributed by atoms with Gasteiger partial charge in [0.1, 0.15) is 6.04 Å². The number of hydrogen-bond donors (Lipinski definition) is 3. The zero-order valence-electron chi connectivity index (χ0n) is 20.4. The molecule has 1 aliphatic rings. The van der Waals surface area contributed by atoms with Crippen LogP contribution in [0.1, 0.15) is 38.7 Å². The highest BCUT2D eigenvalue weighted by Crippen LogP contribution is 2.25. The van der Waals surface area contributed by atoms with E-state index >= 15 is 0 Å². The molecule has 3 aromatic carbocycles. The predicted molar refractivity (Wildman–Crippen MR) is 139 cm³/mol. The summed E-state index contributed by atoms with van der Waals surface area (Å²) in [5.74, 6) is -2.30. The molecule has 4 rings (SSSR count). The first-order valence-electron chi connectivity index (χ1n) is 12.2. The summed E-state index contributed by atoms with van der Waals surface area (Å²) in [6.45, 7) is 5.62. The number of nitrogens with zero attached hydrogens (tertiary/aromatic N) is 1. The molecule has 7 nitrogen and oxygen atoms in total. The summed E-state index contributed by atoms with van der Waals surface area (Å²) in [4.78, 5) is 39.3. The van der Waals surface area contributed by atoms with Crippen molar-refractivity contribution in [2.75, 3.05) is 19.6 Å². The molecule has 0 radical (unpaired) electrons. The molecule has 3 aromatic rings. The normalized spacial score (nSPS) is 16.8. The first-order chi connectivity index (χ1) is 17.4. The van der Waals surface area contributed by atoms with E-state index in [1.807, 2.05) is 42.5 Å². The second-order valence-electron chi connectivity index (χ2n) is 9.25. The molecule has 186 valence electrons. The van der Waals surface area contributed by atoms with Crippen molar-refractivity contribution in [1.29, 1.82) is 0 Å². The van der Waals surface area contributed by atoms with E-state index in [2.05, 4.69) is 46.7 Å². The van der Waals surface area contributed by atoms with Crippen LogP contribution in [-0.4, -0.2) is 48.2 Å². The van der Waals surface area contributed by atoms with Crippen LogP contribution in [0.5, 0.6) is 0 Å². The Hall–Kier alpha value is -3.81. The number of nitrogens with two attached hydrogens (primary N) is 1. The molecule has 2 amide bonds. The van der Waals surface area contributed by atoms with Crippen LogP contribution in [0.2, 0.25) is 0 Å². The minimum atomic E-state index is -1.06. The Morgan fingerprint density at radius 3 is 2.44 bits per heavy atom. The lowest BCUT2D eigenvalue weighted by Crippen LogP contribution is -2.47. The number of benzene rings is 3. The van der Waals surface area contributed by atoms with Crippen molar-refractivity contribution in [3.63, 3.8) is 0 Å². The topological polar surface area (TPSA) is 105 Å². The molecule has 1 fully saturated rings. The molecular formula is C29H32N4O3. The summed E-state index contributed by atoms with van der Waals surface area (Å²) < 4.78 is 0. The van der Waals surface area contributed by atoms with Gasteiger partial charge in [0.25, 0.3) is 11.8 Å². The minimum absolute atomic E-state index is 0.190. The van der Waals surface area contributed by atoms with Crippen LogP contribution < -0.4 is 16.4 Å². The molecule has 2 unspecified atom stereocenters. The monoisotopic (exact) mass is 484 g/mol. The number of piperazine rings is 1. The third kappa shape index (κ3) is 6.44. The maximum atomic E-state index is 12.9. The summed E-state index contributed by atoms with van der Waals surface area (Å²) in [5.41, 5.74) is 10.1. The van der Waals surface area contributed by atoms with E-state index in [1.165, 1.54) is 11.1 Å². The molecule has 1 aliphatic heterocycles. The molecule has 1 heterocycles. The van der Waals surface area contributed by atoms with Crippen molar-refractivity contribution >= 4 is 17.6 Å². The quantitative estimate of drug-likeness (QED) is 0.405. The average molecular weight is 485 g/mol. The highest BCUT2D eigenvalue weighted by molar-refractivity contribution is 6.38. The molecule has 0 aliphatic carbocycles. The number of rotatable bonds is 9. The first kappa shape index (κ1) is 25.3. The molecule has 0 bridgehead atoms. The fraction of sp³-hybridized carbons (Fsp3) is 0.276. The standard InChI is InChI=1S/C29H32N4O3/c1-20-6-5-9-24(16-20)26-18-31-14-15-33(26)19-22-10-12-23(13-11-22)29(36)32-25(27(34)28(30)35)17-21-7-3-2-4-8-21/h2-13,16,25-26,31H,14-15,17-19H2,1H3,(H2,30,35)(H,32,36). The van der Waals surface area contributed by atoms with Crippen LogP contribution >= 0.6 is 0 Å². The van der Waals surface area contributed by atoms with Crippen molar-refractivity contribution in [1.82, 2.24) is 15.5 Å². The van der Waals surface area contributed by atoms with Crippen molar-refractivity contribution in [3.8, 4) is 0 Å². The van der Waals surface area contributed by atoms with Crippen LogP contribution in [0.3, 0.4) is 0 Å². The number of primary amides is 1. The Labute approximate surface area is 211 Å². The lowest BCUT2D eigenvalue weighted by Gasteiger charge is -2.36. The van der Waals surface area contributed by atoms with Crippen molar-refractivity contribution in [2.45, 2.75) is 32.0 Å². The van der Waals surface area contributed by atoms with Gasteiger partial charge in [-0.05, 0) is 35.7 Å². The van der Waals surface area contributed by atoms with E-state index in [-0.39, 0.29) is 12.5 Å². The lowest BCUT2D eigenvalue weighted by atomic mass is 10.00. The van der Waals surface area contributed by atoms with Gasteiger partial charge >= 0.3 is 0 Å². The van der Waals surface area contributed by atoms with Gasteiger partial charge in [0.05, 0.1) is 0 Å². The SMILES string of the molecule is Cc1cccc(C2CNCCN2Cc2ccc(C(=O)NC(Cc3ccccc3)C(=O)C(N)=O)cc2)c1. The van der Waals surface area contributed by atoms with E-state index in [1.54, 1.807) is 12.1 Å². The highest BCUT2D eigenvalue weighted by atomic mass is 16.2. The van der Waals surface area contributed by atoms with Crippen molar-refractivity contribution < 1.29 is 14.4 Å². The fourth-order valence-corrected chi connectivity index (χ4v) is 4.61. The minimum Gasteiger partial charge on any atom is -0.363 e. The van der Waals surface area contributed by atoms with Crippen LogP contribution in [0.25, 0.3) is 0 Å². The Balaban J connectivity index is 1.43. The Morgan fingerprint density at radius 2 is 1.75 bits per heavy atom. The molecular weight excluding hydrogens is 452 g/mol. The molecule has 0 saturated carbocycles. The van der Waals surface area contributed by atoms with E-state index in [9.17, 15) is 14.4 Å². The number of hydrogen-bond acceptors (Lipinski definition) is 5. The van der Waals surface area contributed by atoms with Gasteiger partial charge in [-0.1, -0.05) is 72.3 Å². The summed E-state index contributed by atoms with van der Waals surface area (Å²) in [6, 6.07) is 24.4. The number of nitrogens with one attached hydrogen (secondary N) is 2. The van der Waals surface area contributed by atoms with Gasteiger partial charge in [-0.2, -0.15) is 0 Å². The van der Waals surface area contributed by atoms with Crippen LogP contribution in [0.4, 0.5) is 0 Å². The van der Waals surface area contributed by atoms with Crippen molar-refractivity contribution in [2.24, 2.45) is 5.73 Å². The van der Waals surface area contributed by atoms with Gasteiger partial charge in [0.2, 0.25) is 5.78 Å². The van der Waals surface area contributed by atoms with Gasteiger partial charge in [0.15, 0.2) is 0 Å². The number of carbonyl (C=O) groups is 3. The Morgan fingerprint density at radius 1 is 1.00 bits per heavy atom. The van der Waals surface area contributed by atoms with Crippen LogP contribution in [0, 0.1) is 6.92 Å². The van der Waals surface area contributed by atoms with Crippen molar-refractivity contribution in [3.05, 3.63) is 107 Å². The maximum Gasteiger partial charge on any atom is 0.287 e. The third-order valence-electron chi connectivity index (χ3n) is 6.53. The highest BCUT2D eigenvalue weighted by Gasteiger charge is 2.26. The van der Waals surface area contributed by atoms with E-state index in [0.717, 1.165) is 37.3 Å². The number of ketones is 1. The summed E-state index contributed by atoms with van der Waals surface area (Å²) in [7, 11) is 0. The Bertz CT molecular complexity index is 1210. The summed E-state index contributed by atoms with van der Waals surface area (Å²) in [6.07, 6.45) is 0.190. The van der Waals surface area contributed by atoms with Gasteiger partial charge in [-0.3, -0.25) is 19.3 Å². The fourth-order valence-electron chi connectivity index (χ4n) is 4.61. The Kier molecular flexibility index (Phi) is 8.25. The third-order valence-corrected chi connectivity index (χ3v) is 6.53. The number of aryl methyl sites for hydroxylation is 1. The van der Waals surface area contributed by atoms with Gasteiger partial charge in [-0.25, -0.2) is 0 Å². The largest absolute Gasteiger partial charge is 0.363 e. The summed E-state index contributed by atoms with van der Waals surface area (Å²) >= 11 is 0. The average Bonchev–Trinajstić information content (AvgIpc) is 2.89. The molecule has 0 spiro atoms. The predicted octanol–water partition coefficient (Wildman–Crippen LogP) is 2.54. The summed E-state index contributed by atoms with van der Waals surface area (Å²) in [5, 5.41) is 6.18. The van der Waals surface area contributed by atoms with Gasteiger partial charge in [-0.15, -0.1) is 0 Å². The van der Waals surface area contributed by atoms with Gasteiger partial charge in [0, 0.05) is 44.2 Å². The van der Waals surface area contributed by atoms with E-state index in [0.29, 0.717) is 5.56 Å². The zero-order valence-corrected chi connectivity index (χ0v) is 20.4. The van der Waals surface area contributed by atoms with Gasteiger partial charge < -0.3 is 16.4 Å². The molecule has 0 aromatic heterocycles. The second kappa shape index (κ2) is 11.7. The smallest absolute Gasteiger partial charge is 0.287 e. The van der Waals surface area contributed by atoms with Crippen LogP contribution in [-0.2, 0) is 22.6 Å². The second-order valence-corrected chi connectivity index (χ2v) is 9.25. The van der Waals surface area contributed by atoms with E-state index < -0.39 is 23.6 Å². The molecule has 4 N–H and O–H groups in total. The maximum absolute atomic E-state index is 12.9.